The molecule has 74 valence electrons. The molecule has 0 rings (SSSR count). The van der Waals surface area contributed by atoms with E-state index < -0.39 is 8.80 Å². The Kier molecular flexibility index (Phi) is 6.65. The van der Waals surface area contributed by atoms with Crippen molar-refractivity contribution in [1.82, 2.24) is 0 Å². The fraction of sp³-hybridized carbons (Fsp3) is 1.00. The first-order valence-corrected chi connectivity index (χ1v) is 6.42. The van der Waals surface area contributed by atoms with Crippen molar-refractivity contribution in [1.29, 1.82) is 0 Å². The lowest BCUT2D eigenvalue weighted by molar-refractivity contribution is 0.103. The van der Waals surface area contributed by atoms with Crippen molar-refractivity contribution < 1.29 is 13.3 Å². The molecule has 3 nitrogen and oxygen atoms in total. The largest absolute Gasteiger partial charge is 0.500 e. The Hall–Kier alpha value is 0.0969. The summed E-state index contributed by atoms with van der Waals surface area (Å²) in [6.07, 6.45) is 2.25. The second-order valence-corrected chi connectivity index (χ2v) is 5.60. The minimum Gasteiger partial charge on any atom is -0.377 e. The fourth-order valence-electron chi connectivity index (χ4n) is 1.09. The highest BCUT2D eigenvalue weighted by Crippen LogP contribution is 2.16. The molecule has 0 fully saturated rings. The summed E-state index contributed by atoms with van der Waals surface area (Å²) in [6, 6.07) is 0.921. The minimum absolute atomic E-state index is 0.664. The van der Waals surface area contributed by atoms with Crippen LogP contribution in [0, 0.1) is 0 Å². The Morgan fingerprint density at radius 2 is 1.67 bits per heavy atom. The molecule has 0 amide bonds. The van der Waals surface area contributed by atoms with Crippen molar-refractivity contribution in [2.45, 2.75) is 32.7 Å². The normalized spacial score (nSPS) is 12.0. The Balaban J connectivity index is 3.95. The lowest BCUT2D eigenvalue weighted by Crippen LogP contribution is -2.43. The average Bonchev–Trinajstić information content (AvgIpc) is 2.13. The van der Waals surface area contributed by atoms with E-state index in [-0.39, 0.29) is 0 Å². The zero-order valence-corrected chi connectivity index (χ0v) is 9.55. The maximum absolute atomic E-state index is 5.52. The molecule has 0 N–H and O–H groups in total. The SMILES string of the molecule is CCCC[Si](OC)(OC)OCC. The molecule has 0 saturated carbocycles. The van der Waals surface area contributed by atoms with Gasteiger partial charge < -0.3 is 13.3 Å². The van der Waals surface area contributed by atoms with E-state index in [9.17, 15) is 0 Å². The number of unbranched alkanes of at least 4 members (excludes halogenated alkanes) is 1. The van der Waals surface area contributed by atoms with E-state index >= 15 is 0 Å². The van der Waals surface area contributed by atoms with Crippen molar-refractivity contribution in [2.24, 2.45) is 0 Å². The van der Waals surface area contributed by atoms with E-state index in [0.717, 1.165) is 18.9 Å². The van der Waals surface area contributed by atoms with Crippen molar-refractivity contribution in [3.05, 3.63) is 0 Å². The highest BCUT2D eigenvalue weighted by atomic mass is 28.4. The molecule has 0 aromatic carbocycles. The monoisotopic (exact) mass is 192 g/mol. The van der Waals surface area contributed by atoms with Crippen LogP contribution in [0.15, 0.2) is 0 Å². The predicted octanol–water partition coefficient (Wildman–Crippen LogP) is 2.05. The van der Waals surface area contributed by atoms with Crippen LogP contribution in [-0.4, -0.2) is 29.6 Å². The molecule has 4 heteroatoms. The van der Waals surface area contributed by atoms with E-state index in [0.29, 0.717) is 6.61 Å². The Bertz CT molecular complexity index is 104. The second-order valence-electron chi connectivity index (χ2n) is 2.63. The van der Waals surface area contributed by atoms with Crippen LogP contribution in [0.25, 0.3) is 0 Å². The van der Waals surface area contributed by atoms with Gasteiger partial charge in [0, 0.05) is 26.9 Å². The summed E-state index contributed by atoms with van der Waals surface area (Å²) in [7, 11) is 1.07. The van der Waals surface area contributed by atoms with Gasteiger partial charge in [-0.2, -0.15) is 0 Å². The van der Waals surface area contributed by atoms with Crippen molar-refractivity contribution in [3.63, 3.8) is 0 Å². The van der Waals surface area contributed by atoms with Gasteiger partial charge in [-0.25, -0.2) is 0 Å². The summed E-state index contributed by atoms with van der Waals surface area (Å²) >= 11 is 0. The third kappa shape index (κ3) is 3.67. The highest BCUT2D eigenvalue weighted by Gasteiger charge is 2.37. The van der Waals surface area contributed by atoms with E-state index in [1.54, 1.807) is 14.2 Å². The van der Waals surface area contributed by atoms with Gasteiger partial charge in [0.15, 0.2) is 0 Å². The Morgan fingerprint density at radius 3 is 2.00 bits per heavy atom. The first-order chi connectivity index (χ1) is 5.74. The average molecular weight is 192 g/mol. The topological polar surface area (TPSA) is 27.7 Å². The van der Waals surface area contributed by atoms with Crippen LogP contribution in [0.1, 0.15) is 26.7 Å². The first-order valence-electron chi connectivity index (χ1n) is 4.49. The van der Waals surface area contributed by atoms with Gasteiger partial charge in [0.1, 0.15) is 0 Å². The van der Waals surface area contributed by atoms with Crippen LogP contribution < -0.4 is 0 Å². The van der Waals surface area contributed by atoms with Gasteiger partial charge in [0.05, 0.1) is 0 Å². The van der Waals surface area contributed by atoms with Gasteiger partial charge in [-0.05, 0) is 13.3 Å². The molecule has 0 aliphatic heterocycles. The quantitative estimate of drug-likeness (QED) is 0.578. The second kappa shape index (κ2) is 6.60. The van der Waals surface area contributed by atoms with Gasteiger partial charge >= 0.3 is 8.80 Å². The third-order valence-corrected chi connectivity index (χ3v) is 4.76. The fourth-order valence-corrected chi connectivity index (χ4v) is 3.27. The molecule has 0 radical (unpaired) electrons. The standard InChI is InChI=1S/C8H20O3Si/c1-5-7-8-12(9-3,10-4)11-6-2/h5-8H2,1-4H3. The maximum atomic E-state index is 5.52. The van der Waals surface area contributed by atoms with Crippen LogP contribution >= 0.6 is 0 Å². The van der Waals surface area contributed by atoms with Gasteiger partial charge in [-0.3, -0.25) is 0 Å². The molecule has 12 heavy (non-hydrogen) atoms. The minimum atomic E-state index is -2.26. The molecule has 0 saturated heterocycles. The first kappa shape index (κ1) is 12.1. The Labute approximate surface area is 76.4 Å². The van der Waals surface area contributed by atoms with Gasteiger partial charge in [0.25, 0.3) is 0 Å². The molecule has 0 heterocycles. The van der Waals surface area contributed by atoms with Crippen LogP contribution in [0.2, 0.25) is 6.04 Å². The molecule has 0 spiro atoms. The molecule has 0 aromatic rings. The van der Waals surface area contributed by atoms with Crippen molar-refractivity contribution in [3.8, 4) is 0 Å². The van der Waals surface area contributed by atoms with Crippen molar-refractivity contribution >= 4 is 8.80 Å². The molecule has 0 bridgehead atoms. The maximum Gasteiger partial charge on any atom is 0.500 e. The summed E-state index contributed by atoms with van der Waals surface area (Å²) in [5.41, 5.74) is 0. The van der Waals surface area contributed by atoms with E-state index in [4.69, 9.17) is 13.3 Å². The number of hydrogen-bond acceptors (Lipinski definition) is 3. The number of hydrogen-bond donors (Lipinski definition) is 0. The molecule has 0 aliphatic rings. The molecule has 0 unspecified atom stereocenters. The van der Waals surface area contributed by atoms with Crippen LogP contribution in [0.5, 0.6) is 0 Å². The zero-order valence-electron chi connectivity index (χ0n) is 8.55. The van der Waals surface area contributed by atoms with E-state index in [2.05, 4.69) is 6.92 Å². The highest BCUT2D eigenvalue weighted by molar-refractivity contribution is 6.60. The van der Waals surface area contributed by atoms with Crippen LogP contribution in [-0.2, 0) is 13.3 Å². The smallest absolute Gasteiger partial charge is 0.377 e. The van der Waals surface area contributed by atoms with Crippen LogP contribution in [0.3, 0.4) is 0 Å². The summed E-state index contributed by atoms with van der Waals surface area (Å²) in [4.78, 5) is 0. The summed E-state index contributed by atoms with van der Waals surface area (Å²) in [5, 5.41) is 0. The van der Waals surface area contributed by atoms with E-state index in [1.807, 2.05) is 6.92 Å². The molecule has 0 aliphatic carbocycles. The molecular formula is C8H20O3Si. The van der Waals surface area contributed by atoms with Crippen LogP contribution in [0.4, 0.5) is 0 Å². The summed E-state index contributed by atoms with van der Waals surface area (Å²) in [5.74, 6) is 0. The molecule has 0 atom stereocenters. The third-order valence-electron chi connectivity index (χ3n) is 1.82. The zero-order chi connectivity index (χ0) is 9.45. The van der Waals surface area contributed by atoms with Gasteiger partial charge in [-0.15, -0.1) is 0 Å². The molecule has 0 aromatic heterocycles. The number of rotatable bonds is 7. The summed E-state index contributed by atoms with van der Waals surface area (Å²) < 4.78 is 16.2. The van der Waals surface area contributed by atoms with E-state index in [1.165, 1.54) is 0 Å². The van der Waals surface area contributed by atoms with Gasteiger partial charge in [-0.1, -0.05) is 13.3 Å². The Morgan fingerprint density at radius 1 is 1.08 bits per heavy atom. The lowest BCUT2D eigenvalue weighted by atomic mass is 10.4. The van der Waals surface area contributed by atoms with Crippen molar-refractivity contribution in [2.75, 3.05) is 20.8 Å². The predicted molar refractivity (Wildman–Crippen MR) is 51.1 cm³/mol. The lowest BCUT2D eigenvalue weighted by Gasteiger charge is -2.25. The summed E-state index contributed by atoms with van der Waals surface area (Å²) in [6.45, 7) is 4.78. The van der Waals surface area contributed by atoms with Gasteiger partial charge in [0.2, 0.25) is 0 Å². The molecular weight excluding hydrogens is 172 g/mol.